The van der Waals surface area contributed by atoms with Crippen molar-refractivity contribution >= 4 is 41.6 Å². The first-order valence-electron chi connectivity index (χ1n) is 13.6. The normalized spacial score (nSPS) is 17.6. The second-order valence-electron chi connectivity index (χ2n) is 9.69. The van der Waals surface area contributed by atoms with E-state index in [1.807, 2.05) is 18.2 Å². The van der Waals surface area contributed by atoms with Gasteiger partial charge in [-0.05, 0) is 31.2 Å². The smallest absolute Gasteiger partial charge is 0.407 e. The van der Waals surface area contributed by atoms with Crippen molar-refractivity contribution in [2.24, 2.45) is 0 Å². The van der Waals surface area contributed by atoms with Gasteiger partial charge in [0.2, 0.25) is 29.5 Å². The highest BCUT2D eigenvalue weighted by Gasteiger charge is 2.35. The number of amides is 6. The van der Waals surface area contributed by atoms with Crippen molar-refractivity contribution in [1.29, 1.82) is 0 Å². The van der Waals surface area contributed by atoms with Gasteiger partial charge in [0.05, 0.1) is 20.2 Å². The predicted molar refractivity (Wildman–Crippen MR) is 145 cm³/mol. The van der Waals surface area contributed by atoms with E-state index < -0.39 is 60.2 Å². The Kier molecular flexibility index (Phi) is 12.1. The minimum Gasteiger partial charge on any atom is -0.468 e. The van der Waals surface area contributed by atoms with Crippen molar-refractivity contribution in [1.82, 2.24) is 31.1 Å². The van der Waals surface area contributed by atoms with Gasteiger partial charge in [0.1, 0.15) is 31.8 Å². The summed E-state index contributed by atoms with van der Waals surface area (Å²) in [7, 11) is 1.20. The summed E-state index contributed by atoms with van der Waals surface area (Å²) < 4.78 is 9.57. The summed E-state index contributed by atoms with van der Waals surface area (Å²) in [4.78, 5) is 88.5. The van der Waals surface area contributed by atoms with Crippen LogP contribution in [0.25, 0.3) is 0 Å². The molecule has 3 rings (SSSR count). The lowest BCUT2D eigenvalue weighted by Crippen LogP contribution is -2.52. The Labute approximate surface area is 242 Å². The number of ether oxygens (including phenoxy) is 2. The van der Waals surface area contributed by atoms with E-state index >= 15 is 0 Å². The number of alkyl carbamates (subject to hydrolysis) is 1. The molecule has 2 heterocycles. The zero-order valence-corrected chi connectivity index (χ0v) is 23.4. The highest BCUT2D eigenvalue weighted by Crippen LogP contribution is 2.18. The van der Waals surface area contributed by atoms with Gasteiger partial charge in [-0.15, -0.1) is 0 Å². The van der Waals surface area contributed by atoms with Crippen LogP contribution in [0.5, 0.6) is 0 Å². The van der Waals surface area contributed by atoms with Crippen LogP contribution in [0.3, 0.4) is 0 Å². The largest absolute Gasteiger partial charge is 0.468 e. The van der Waals surface area contributed by atoms with Crippen molar-refractivity contribution in [3.8, 4) is 0 Å². The van der Waals surface area contributed by atoms with Gasteiger partial charge in [-0.25, -0.2) is 4.79 Å². The van der Waals surface area contributed by atoms with Crippen LogP contribution < -0.4 is 21.3 Å². The van der Waals surface area contributed by atoms with E-state index in [1.54, 1.807) is 12.1 Å². The summed E-state index contributed by atoms with van der Waals surface area (Å²) >= 11 is 0. The molecule has 2 atom stereocenters. The minimum absolute atomic E-state index is 0.0499. The van der Waals surface area contributed by atoms with Crippen molar-refractivity contribution in [2.45, 2.75) is 44.4 Å². The molecule has 0 aromatic heterocycles. The monoisotopic (exact) mass is 588 g/mol. The number of hydrogen-bond donors (Lipinski definition) is 4. The van der Waals surface area contributed by atoms with Gasteiger partial charge in [-0.1, -0.05) is 30.3 Å². The standard InChI is InChI=1S/C27H36N6O9/c1-41-24(37)16-30-26(39)20-10-6-11-32(20)22(35)14-28-21(34)13-29-25(38)19-9-5-12-33(19)23(36)15-31-27(40)42-17-18-7-3-2-4-8-18/h2-4,7-8,19-20H,5-6,9-17H2,1H3,(H,28,34)(H,29,38)(H,30,39)(H,31,40)/t19-,20+/m1/s1. The number of carbonyl (C=O) groups excluding carboxylic acids is 7. The summed E-state index contributed by atoms with van der Waals surface area (Å²) in [5, 5.41) is 9.71. The molecule has 1 aromatic rings. The lowest BCUT2D eigenvalue weighted by molar-refractivity contribution is -0.142. The predicted octanol–water partition coefficient (Wildman–Crippen LogP) is -1.58. The average Bonchev–Trinajstić information content (AvgIpc) is 3.70. The van der Waals surface area contributed by atoms with Crippen LogP contribution in [0.15, 0.2) is 30.3 Å². The molecule has 0 spiro atoms. The van der Waals surface area contributed by atoms with Crippen LogP contribution in [-0.4, -0.2) is 110 Å². The van der Waals surface area contributed by atoms with Crippen LogP contribution >= 0.6 is 0 Å². The second kappa shape index (κ2) is 15.9. The summed E-state index contributed by atoms with van der Waals surface area (Å²) in [5.74, 6) is -3.20. The average molecular weight is 589 g/mol. The number of esters is 1. The number of benzene rings is 1. The maximum absolute atomic E-state index is 12.7. The first-order chi connectivity index (χ1) is 20.2. The van der Waals surface area contributed by atoms with Crippen LogP contribution in [0, 0.1) is 0 Å². The van der Waals surface area contributed by atoms with E-state index in [2.05, 4.69) is 26.0 Å². The maximum Gasteiger partial charge on any atom is 0.407 e. The molecule has 2 fully saturated rings. The topological polar surface area (TPSA) is 193 Å². The molecule has 0 radical (unpaired) electrons. The van der Waals surface area contributed by atoms with Crippen LogP contribution in [-0.2, 0) is 44.8 Å². The lowest BCUT2D eigenvalue weighted by atomic mass is 10.2. The Balaban J connectivity index is 1.36. The fraction of sp³-hybridized carbons (Fsp3) is 0.519. The van der Waals surface area contributed by atoms with E-state index in [0.29, 0.717) is 38.8 Å². The van der Waals surface area contributed by atoms with Crippen molar-refractivity contribution in [3.05, 3.63) is 35.9 Å². The number of rotatable bonds is 12. The van der Waals surface area contributed by atoms with Gasteiger partial charge < -0.3 is 40.5 Å². The lowest BCUT2D eigenvalue weighted by Gasteiger charge is -2.24. The molecule has 4 N–H and O–H groups in total. The third-order valence-corrected chi connectivity index (χ3v) is 6.84. The van der Waals surface area contributed by atoms with Crippen molar-refractivity contribution in [3.63, 3.8) is 0 Å². The third kappa shape index (κ3) is 9.45. The summed E-state index contributed by atoms with van der Waals surface area (Å²) in [6.07, 6.45) is 1.22. The third-order valence-electron chi connectivity index (χ3n) is 6.84. The second-order valence-corrected chi connectivity index (χ2v) is 9.69. The molecule has 0 bridgehead atoms. The molecule has 1 aromatic carbocycles. The number of nitrogens with one attached hydrogen (secondary N) is 4. The molecule has 228 valence electrons. The number of nitrogens with zero attached hydrogens (tertiary/aromatic N) is 2. The van der Waals surface area contributed by atoms with Crippen molar-refractivity contribution < 1.29 is 43.0 Å². The Morgan fingerprint density at radius 1 is 0.738 bits per heavy atom. The van der Waals surface area contributed by atoms with E-state index in [4.69, 9.17) is 4.74 Å². The molecular weight excluding hydrogens is 552 g/mol. The van der Waals surface area contributed by atoms with E-state index in [1.165, 1.54) is 16.9 Å². The molecule has 2 aliphatic rings. The number of carbonyl (C=O) groups is 7. The fourth-order valence-corrected chi connectivity index (χ4v) is 4.67. The Morgan fingerprint density at radius 3 is 1.86 bits per heavy atom. The molecule has 0 aliphatic carbocycles. The highest BCUT2D eigenvalue weighted by atomic mass is 16.5. The van der Waals surface area contributed by atoms with E-state index in [0.717, 1.165) is 5.56 Å². The van der Waals surface area contributed by atoms with Gasteiger partial charge in [0, 0.05) is 13.1 Å². The first-order valence-corrected chi connectivity index (χ1v) is 13.6. The van der Waals surface area contributed by atoms with Crippen LogP contribution in [0.2, 0.25) is 0 Å². The Bertz CT molecular complexity index is 1160. The van der Waals surface area contributed by atoms with Crippen LogP contribution in [0.4, 0.5) is 4.79 Å². The van der Waals surface area contributed by atoms with Gasteiger partial charge >= 0.3 is 12.1 Å². The maximum atomic E-state index is 12.7. The molecule has 42 heavy (non-hydrogen) atoms. The molecule has 0 unspecified atom stereocenters. The molecule has 15 nitrogen and oxygen atoms in total. The van der Waals surface area contributed by atoms with E-state index in [-0.39, 0.29) is 26.2 Å². The number of likely N-dealkylation sites (tertiary alicyclic amines) is 2. The molecule has 15 heteroatoms. The summed E-state index contributed by atoms with van der Waals surface area (Å²) in [6.45, 7) is -0.763. The number of hydrogen-bond acceptors (Lipinski definition) is 9. The highest BCUT2D eigenvalue weighted by molar-refractivity contribution is 5.94. The molecule has 2 saturated heterocycles. The molecule has 0 saturated carbocycles. The fourth-order valence-electron chi connectivity index (χ4n) is 4.67. The molecular formula is C27H36N6O9. The van der Waals surface area contributed by atoms with Crippen molar-refractivity contribution in [2.75, 3.05) is 46.4 Å². The van der Waals surface area contributed by atoms with Crippen LogP contribution in [0.1, 0.15) is 31.2 Å². The first kappa shape index (κ1) is 31.8. The van der Waals surface area contributed by atoms with Gasteiger partial charge in [-0.3, -0.25) is 28.8 Å². The molecule has 2 aliphatic heterocycles. The zero-order chi connectivity index (χ0) is 30.5. The zero-order valence-electron chi connectivity index (χ0n) is 23.4. The Hall–Kier alpha value is -4.69. The quantitative estimate of drug-likeness (QED) is 0.209. The van der Waals surface area contributed by atoms with E-state index in [9.17, 15) is 33.6 Å². The SMILES string of the molecule is COC(=O)CNC(=O)[C@@H]1CCCN1C(=O)CNC(=O)CNC(=O)[C@H]1CCCN1C(=O)CNC(=O)OCc1ccccc1. The van der Waals surface area contributed by atoms with Gasteiger partial charge in [0.15, 0.2) is 0 Å². The summed E-state index contributed by atoms with van der Waals surface area (Å²) in [5.41, 5.74) is 0.795. The summed E-state index contributed by atoms with van der Waals surface area (Å²) in [6, 6.07) is 7.49. The van der Waals surface area contributed by atoms with Gasteiger partial charge in [-0.2, -0.15) is 0 Å². The minimum atomic E-state index is -0.803. The molecule has 6 amide bonds. The number of methoxy groups -OCH3 is 1. The van der Waals surface area contributed by atoms with Gasteiger partial charge in [0.25, 0.3) is 0 Å². The Morgan fingerprint density at radius 2 is 1.29 bits per heavy atom.